The quantitative estimate of drug-likeness (QED) is 0.477. The molecule has 0 aliphatic carbocycles. The standard InChI is InChI=1S/C25H37N5O2/c1-5-19(6-2)24(31)30-14-12-21(13-15-30)29-25(26-7-3)27-16-22-17-32-23(28-22)20-10-8-18(4)9-11-20/h8-11,17,19,21H,5-7,12-16H2,1-4H3,(H2,26,27,29). The van der Waals surface area contributed by atoms with Crippen LogP contribution in [0.4, 0.5) is 0 Å². The number of nitrogens with one attached hydrogen (secondary N) is 2. The maximum atomic E-state index is 12.6. The zero-order valence-electron chi connectivity index (χ0n) is 19.9. The van der Waals surface area contributed by atoms with E-state index in [1.807, 2.05) is 29.2 Å². The molecule has 2 heterocycles. The first-order chi connectivity index (χ1) is 15.5. The molecule has 1 aromatic carbocycles. The van der Waals surface area contributed by atoms with Gasteiger partial charge in [0, 0.05) is 37.2 Å². The number of nitrogens with zero attached hydrogens (tertiary/aromatic N) is 3. The lowest BCUT2D eigenvalue weighted by atomic mass is 9.98. The number of guanidine groups is 1. The molecule has 174 valence electrons. The van der Waals surface area contributed by atoms with Gasteiger partial charge in [0.15, 0.2) is 5.96 Å². The predicted octanol–water partition coefficient (Wildman–Crippen LogP) is 4.13. The number of likely N-dealkylation sites (tertiary alicyclic amines) is 1. The molecular formula is C25H37N5O2. The maximum absolute atomic E-state index is 12.6. The Kier molecular flexibility index (Phi) is 8.71. The lowest BCUT2D eigenvalue weighted by Gasteiger charge is -2.34. The third kappa shape index (κ3) is 6.34. The zero-order chi connectivity index (χ0) is 22.9. The van der Waals surface area contributed by atoms with Gasteiger partial charge in [0.05, 0.1) is 6.54 Å². The molecule has 32 heavy (non-hydrogen) atoms. The minimum absolute atomic E-state index is 0.158. The predicted molar refractivity (Wildman–Crippen MR) is 128 cm³/mol. The van der Waals surface area contributed by atoms with Gasteiger partial charge in [-0.05, 0) is 51.7 Å². The first-order valence-corrected chi connectivity index (χ1v) is 11.9. The third-order valence-corrected chi connectivity index (χ3v) is 6.08. The first kappa shape index (κ1) is 23.8. The summed E-state index contributed by atoms with van der Waals surface area (Å²) in [4.78, 5) is 23.9. The normalized spacial score (nSPS) is 15.3. The molecule has 2 aromatic rings. The van der Waals surface area contributed by atoms with Crippen LogP contribution in [0.25, 0.3) is 11.5 Å². The maximum Gasteiger partial charge on any atom is 0.226 e. The average Bonchev–Trinajstić information content (AvgIpc) is 3.28. The van der Waals surface area contributed by atoms with E-state index in [-0.39, 0.29) is 5.92 Å². The number of carbonyl (C=O) groups excluding carboxylic acids is 1. The van der Waals surface area contributed by atoms with Gasteiger partial charge >= 0.3 is 0 Å². The van der Waals surface area contributed by atoms with E-state index < -0.39 is 0 Å². The molecule has 1 amide bonds. The van der Waals surface area contributed by atoms with Crippen LogP contribution in [-0.2, 0) is 11.3 Å². The van der Waals surface area contributed by atoms with Gasteiger partial charge in [-0.1, -0.05) is 31.5 Å². The zero-order valence-corrected chi connectivity index (χ0v) is 19.9. The molecular weight excluding hydrogens is 402 g/mol. The number of oxazole rings is 1. The Morgan fingerprint density at radius 3 is 2.50 bits per heavy atom. The van der Waals surface area contributed by atoms with E-state index in [0.717, 1.165) is 62.5 Å². The highest BCUT2D eigenvalue weighted by molar-refractivity contribution is 5.80. The lowest BCUT2D eigenvalue weighted by Crippen LogP contribution is -2.50. The van der Waals surface area contributed by atoms with Crippen molar-refractivity contribution in [2.24, 2.45) is 10.9 Å². The number of hydrogen-bond acceptors (Lipinski definition) is 4. The van der Waals surface area contributed by atoms with Crippen LogP contribution in [0.3, 0.4) is 0 Å². The molecule has 1 fully saturated rings. The van der Waals surface area contributed by atoms with Crippen molar-refractivity contribution in [3.05, 3.63) is 41.8 Å². The van der Waals surface area contributed by atoms with Gasteiger partial charge in [0.1, 0.15) is 12.0 Å². The summed E-state index contributed by atoms with van der Waals surface area (Å²) in [6.45, 7) is 11.1. The Morgan fingerprint density at radius 2 is 1.88 bits per heavy atom. The average molecular weight is 440 g/mol. The number of aliphatic imine (C=N–C) groups is 1. The minimum atomic E-state index is 0.158. The van der Waals surface area contributed by atoms with Crippen LogP contribution in [0.5, 0.6) is 0 Å². The van der Waals surface area contributed by atoms with Crippen LogP contribution in [0.15, 0.2) is 39.9 Å². The summed E-state index contributed by atoms with van der Waals surface area (Å²) >= 11 is 0. The van der Waals surface area contributed by atoms with Crippen LogP contribution in [0.1, 0.15) is 57.7 Å². The van der Waals surface area contributed by atoms with Gasteiger partial charge in [0.2, 0.25) is 11.8 Å². The van der Waals surface area contributed by atoms with Crippen molar-refractivity contribution in [2.45, 2.75) is 66.0 Å². The number of rotatable bonds is 8. The van der Waals surface area contributed by atoms with Gasteiger partial charge in [-0.3, -0.25) is 4.79 Å². The molecule has 1 aromatic heterocycles. The van der Waals surface area contributed by atoms with Crippen molar-refractivity contribution in [1.29, 1.82) is 0 Å². The van der Waals surface area contributed by atoms with Crippen molar-refractivity contribution in [3.63, 3.8) is 0 Å². The highest BCUT2D eigenvalue weighted by atomic mass is 16.3. The number of benzene rings is 1. The Balaban J connectivity index is 1.55. The molecule has 0 bridgehead atoms. The largest absolute Gasteiger partial charge is 0.444 e. The van der Waals surface area contributed by atoms with Crippen LogP contribution in [-0.4, -0.2) is 47.4 Å². The summed E-state index contributed by atoms with van der Waals surface area (Å²) in [6.07, 6.45) is 5.36. The molecule has 3 rings (SSSR count). The van der Waals surface area contributed by atoms with E-state index in [1.54, 1.807) is 6.26 Å². The Bertz CT molecular complexity index is 878. The number of aromatic nitrogens is 1. The molecule has 1 aliphatic heterocycles. The third-order valence-electron chi connectivity index (χ3n) is 6.08. The second-order valence-corrected chi connectivity index (χ2v) is 8.46. The van der Waals surface area contributed by atoms with E-state index in [9.17, 15) is 4.79 Å². The van der Waals surface area contributed by atoms with E-state index in [0.29, 0.717) is 24.4 Å². The van der Waals surface area contributed by atoms with E-state index in [1.165, 1.54) is 5.56 Å². The number of aryl methyl sites for hydroxylation is 1. The number of hydrogen-bond donors (Lipinski definition) is 2. The summed E-state index contributed by atoms with van der Waals surface area (Å²) in [5.41, 5.74) is 2.96. The fraction of sp³-hybridized carbons (Fsp3) is 0.560. The van der Waals surface area contributed by atoms with Crippen LogP contribution in [0, 0.1) is 12.8 Å². The summed E-state index contributed by atoms with van der Waals surface area (Å²) < 4.78 is 5.65. The van der Waals surface area contributed by atoms with Crippen LogP contribution >= 0.6 is 0 Å². The summed E-state index contributed by atoms with van der Waals surface area (Å²) in [7, 11) is 0. The van der Waals surface area contributed by atoms with E-state index in [4.69, 9.17) is 9.41 Å². The van der Waals surface area contributed by atoms with Crippen molar-refractivity contribution >= 4 is 11.9 Å². The monoisotopic (exact) mass is 439 g/mol. The Hall–Kier alpha value is -2.83. The highest BCUT2D eigenvalue weighted by Crippen LogP contribution is 2.20. The summed E-state index contributed by atoms with van der Waals surface area (Å²) in [5.74, 6) is 1.86. The van der Waals surface area contributed by atoms with E-state index >= 15 is 0 Å². The first-order valence-electron chi connectivity index (χ1n) is 11.9. The van der Waals surface area contributed by atoms with Gasteiger partial charge in [-0.2, -0.15) is 0 Å². The molecule has 1 saturated heterocycles. The highest BCUT2D eigenvalue weighted by Gasteiger charge is 2.26. The smallest absolute Gasteiger partial charge is 0.226 e. The van der Waals surface area contributed by atoms with Crippen molar-refractivity contribution < 1.29 is 9.21 Å². The molecule has 0 radical (unpaired) electrons. The minimum Gasteiger partial charge on any atom is -0.444 e. The molecule has 0 saturated carbocycles. The van der Waals surface area contributed by atoms with Crippen molar-refractivity contribution in [3.8, 4) is 11.5 Å². The SMILES string of the molecule is CCNC(=NCc1coc(-c2ccc(C)cc2)n1)NC1CCN(C(=O)C(CC)CC)CC1. The lowest BCUT2D eigenvalue weighted by molar-refractivity contribution is -0.136. The number of carbonyl (C=O) groups is 1. The molecule has 7 heteroatoms. The van der Waals surface area contributed by atoms with Crippen LogP contribution < -0.4 is 10.6 Å². The fourth-order valence-corrected chi connectivity index (χ4v) is 4.02. The van der Waals surface area contributed by atoms with Gasteiger partial charge in [0.25, 0.3) is 0 Å². The number of amides is 1. The molecule has 0 unspecified atom stereocenters. The molecule has 7 nitrogen and oxygen atoms in total. The fourth-order valence-electron chi connectivity index (χ4n) is 4.02. The van der Waals surface area contributed by atoms with Gasteiger partial charge in [-0.25, -0.2) is 9.98 Å². The van der Waals surface area contributed by atoms with Crippen LogP contribution in [0.2, 0.25) is 0 Å². The molecule has 2 N–H and O–H groups in total. The summed E-state index contributed by atoms with van der Waals surface area (Å²) in [5, 5.41) is 6.85. The second-order valence-electron chi connectivity index (χ2n) is 8.46. The second kappa shape index (κ2) is 11.7. The number of piperidine rings is 1. The summed E-state index contributed by atoms with van der Waals surface area (Å²) in [6, 6.07) is 8.43. The van der Waals surface area contributed by atoms with Crippen molar-refractivity contribution in [1.82, 2.24) is 20.5 Å². The Labute approximate surface area is 191 Å². The topological polar surface area (TPSA) is 82.8 Å². The van der Waals surface area contributed by atoms with Crippen molar-refractivity contribution in [2.75, 3.05) is 19.6 Å². The molecule has 1 aliphatic rings. The van der Waals surface area contributed by atoms with Gasteiger partial charge in [-0.15, -0.1) is 0 Å². The van der Waals surface area contributed by atoms with E-state index in [2.05, 4.69) is 43.3 Å². The van der Waals surface area contributed by atoms with Gasteiger partial charge < -0.3 is 20.0 Å². The molecule has 0 atom stereocenters. The Morgan fingerprint density at radius 1 is 1.19 bits per heavy atom. The molecule has 0 spiro atoms.